The predicted octanol–water partition coefficient (Wildman–Crippen LogP) is 3.85. The highest BCUT2D eigenvalue weighted by Gasteiger charge is 2.48. The first kappa shape index (κ1) is 23.8. The van der Waals surface area contributed by atoms with Gasteiger partial charge in [-0.05, 0) is 48.1 Å². The molecule has 1 saturated heterocycles. The standard InChI is InChI=1S/C27H30N2O5S/c1-34-24-12-11-19(18-29-26(30)22-9-5-6-10-23(22)27(29)31)17-25(24)35(32,33)28-15-13-21(14-16-28)20-7-3-2-4-8-20/h2-4,7-8,11-13,17,22-23H,5-6,9-10,14-16,18H2,1H3/t22-,23+. The summed E-state index contributed by atoms with van der Waals surface area (Å²) in [6.07, 6.45) is 6.01. The number of benzene rings is 2. The molecule has 5 rings (SSSR count). The lowest BCUT2D eigenvalue weighted by Crippen LogP contribution is -2.35. The number of amides is 2. The van der Waals surface area contributed by atoms with Crippen LogP contribution in [0.4, 0.5) is 0 Å². The number of carbonyl (C=O) groups excluding carboxylic acids is 2. The van der Waals surface area contributed by atoms with Crippen molar-refractivity contribution in [2.75, 3.05) is 20.2 Å². The number of methoxy groups -OCH3 is 1. The molecular formula is C27H30N2O5S. The van der Waals surface area contributed by atoms with Crippen molar-refractivity contribution in [2.45, 2.75) is 43.5 Å². The van der Waals surface area contributed by atoms with E-state index in [1.165, 1.54) is 16.3 Å². The average molecular weight is 495 g/mol. The molecule has 2 aromatic rings. The highest BCUT2D eigenvalue weighted by Crippen LogP contribution is 2.39. The minimum Gasteiger partial charge on any atom is -0.495 e. The molecule has 2 fully saturated rings. The second-order valence-electron chi connectivity index (χ2n) is 9.45. The van der Waals surface area contributed by atoms with Crippen molar-refractivity contribution in [3.05, 3.63) is 65.7 Å². The van der Waals surface area contributed by atoms with Gasteiger partial charge in [0.2, 0.25) is 21.8 Å². The van der Waals surface area contributed by atoms with Crippen molar-refractivity contribution in [3.8, 4) is 5.75 Å². The first-order chi connectivity index (χ1) is 16.9. The molecule has 0 unspecified atom stereocenters. The molecule has 0 N–H and O–H groups in total. The lowest BCUT2D eigenvalue weighted by molar-refractivity contribution is -0.140. The van der Waals surface area contributed by atoms with Crippen LogP contribution in [-0.4, -0.2) is 49.6 Å². The Balaban J connectivity index is 1.38. The molecule has 8 heteroatoms. The fourth-order valence-corrected chi connectivity index (χ4v) is 7.10. The Morgan fingerprint density at radius 1 is 0.971 bits per heavy atom. The summed E-state index contributed by atoms with van der Waals surface area (Å²) in [5.74, 6) is -0.461. The fourth-order valence-electron chi connectivity index (χ4n) is 5.51. The van der Waals surface area contributed by atoms with Gasteiger partial charge in [-0.2, -0.15) is 4.31 Å². The Kier molecular flexibility index (Phi) is 6.51. The highest BCUT2D eigenvalue weighted by atomic mass is 32.2. The molecule has 2 amide bonds. The number of rotatable bonds is 6. The summed E-state index contributed by atoms with van der Waals surface area (Å²) < 4.78 is 34.0. The Hall–Kier alpha value is -2.97. The predicted molar refractivity (Wildman–Crippen MR) is 132 cm³/mol. The van der Waals surface area contributed by atoms with Gasteiger partial charge in [0, 0.05) is 13.1 Å². The number of sulfonamides is 1. The van der Waals surface area contributed by atoms with Crippen LogP contribution in [0, 0.1) is 11.8 Å². The average Bonchev–Trinajstić information content (AvgIpc) is 3.14. The molecule has 2 atom stereocenters. The lowest BCUT2D eigenvalue weighted by Gasteiger charge is -2.27. The number of hydrogen-bond acceptors (Lipinski definition) is 5. The third-order valence-electron chi connectivity index (χ3n) is 7.44. The summed E-state index contributed by atoms with van der Waals surface area (Å²) in [4.78, 5) is 27.2. The molecule has 2 aliphatic heterocycles. The maximum atomic E-state index is 13.6. The topological polar surface area (TPSA) is 84.0 Å². The van der Waals surface area contributed by atoms with E-state index in [1.54, 1.807) is 18.2 Å². The number of nitrogens with zero attached hydrogens (tertiary/aromatic N) is 2. The molecule has 2 heterocycles. The van der Waals surface area contributed by atoms with Crippen molar-refractivity contribution in [1.82, 2.24) is 9.21 Å². The summed E-state index contributed by atoms with van der Waals surface area (Å²) >= 11 is 0. The third kappa shape index (κ3) is 4.41. The van der Waals surface area contributed by atoms with Crippen LogP contribution in [0.3, 0.4) is 0 Å². The summed E-state index contributed by atoms with van der Waals surface area (Å²) in [5.41, 5.74) is 2.83. The van der Waals surface area contributed by atoms with Gasteiger partial charge in [0.25, 0.3) is 0 Å². The summed E-state index contributed by atoms with van der Waals surface area (Å²) in [6, 6.07) is 14.8. The largest absolute Gasteiger partial charge is 0.495 e. The van der Waals surface area contributed by atoms with Crippen LogP contribution in [0.1, 0.15) is 43.2 Å². The Morgan fingerprint density at radius 3 is 2.26 bits per heavy atom. The molecule has 2 aromatic carbocycles. The monoisotopic (exact) mass is 494 g/mol. The minimum atomic E-state index is -3.84. The van der Waals surface area contributed by atoms with Crippen LogP contribution in [0.2, 0.25) is 0 Å². The van der Waals surface area contributed by atoms with Crippen molar-refractivity contribution < 1.29 is 22.7 Å². The molecule has 0 spiro atoms. The van der Waals surface area contributed by atoms with Gasteiger partial charge in [-0.15, -0.1) is 0 Å². The van der Waals surface area contributed by atoms with E-state index in [9.17, 15) is 18.0 Å². The van der Waals surface area contributed by atoms with Gasteiger partial charge in [0.1, 0.15) is 10.6 Å². The van der Waals surface area contributed by atoms with Crippen molar-refractivity contribution in [3.63, 3.8) is 0 Å². The van der Waals surface area contributed by atoms with E-state index < -0.39 is 10.0 Å². The first-order valence-corrected chi connectivity index (χ1v) is 13.6. The Morgan fingerprint density at radius 2 is 1.66 bits per heavy atom. The van der Waals surface area contributed by atoms with E-state index in [2.05, 4.69) is 0 Å². The number of hydrogen-bond donors (Lipinski definition) is 0. The van der Waals surface area contributed by atoms with E-state index in [-0.39, 0.29) is 47.4 Å². The Bertz CT molecular complexity index is 1250. The molecule has 184 valence electrons. The van der Waals surface area contributed by atoms with Crippen molar-refractivity contribution in [2.24, 2.45) is 11.8 Å². The van der Waals surface area contributed by atoms with E-state index in [1.807, 2.05) is 36.4 Å². The minimum absolute atomic E-state index is 0.0607. The number of carbonyl (C=O) groups is 2. The number of likely N-dealkylation sites (tertiary alicyclic amines) is 1. The van der Waals surface area contributed by atoms with Gasteiger partial charge in [-0.1, -0.05) is 55.3 Å². The maximum absolute atomic E-state index is 13.6. The van der Waals surface area contributed by atoms with Crippen LogP contribution < -0.4 is 4.74 Å². The zero-order chi connectivity index (χ0) is 24.6. The molecular weight excluding hydrogens is 464 g/mol. The maximum Gasteiger partial charge on any atom is 0.247 e. The zero-order valence-electron chi connectivity index (χ0n) is 19.9. The van der Waals surface area contributed by atoms with Crippen molar-refractivity contribution in [1.29, 1.82) is 0 Å². The summed E-state index contributed by atoms with van der Waals surface area (Å²) in [5, 5.41) is 0. The van der Waals surface area contributed by atoms with E-state index in [4.69, 9.17) is 4.74 Å². The number of imide groups is 1. The summed E-state index contributed by atoms with van der Waals surface area (Å²) in [6.45, 7) is 0.713. The van der Waals surface area contributed by atoms with Crippen LogP contribution in [0.5, 0.6) is 5.75 Å². The van der Waals surface area contributed by atoms with Crippen LogP contribution in [0.25, 0.3) is 5.57 Å². The number of ether oxygens (including phenoxy) is 1. The number of fused-ring (bicyclic) bond motifs is 1. The van der Waals surface area contributed by atoms with Gasteiger partial charge < -0.3 is 4.74 Å². The fraction of sp³-hybridized carbons (Fsp3) is 0.407. The second-order valence-corrected chi connectivity index (χ2v) is 11.4. The van der Waals surface area contributed by atoms with Crippen LogP contribution in [-0.2, 0) is 26.2 Å². The summed E-state index contributed by atoms with van der Waals surface area (Å²) in [7, 11) is -2.40. The first-order valence-electron chi connectivity index (χ1n) is 12.2. The van der Waals surface area contributed by atoms with Crippen LogP contribution in [0.15, 0.2) is 59.5 Å². The van der Waals surface area contributed by atoms with Gasteiger partial charge in [-0.25, -0.2) is 8.42 Å². The van der Waals surface area contributed by atoms with E-state index >= 15 is 0 Å². The second kappa shape index (κ2) is 9.59. The molecule has 35 heavy (non-hydrogen) atoms. The van der Waals surface area contributed by atoms with Gasteiger partial charge >= 0.3 is 0 Å². The quantitative estimate of drug-likeness (QED) is 0.570. The highest BCUT2D eigenvalue weighted by molar-refractivity contribution is 7.89. The molecule has 0 aromatic heterocycles. The van der Waals surface area contributed by atoms with E-state index in [0.717, 1.165) is 36.8 Å². The van der Waals surface area contributed by atoms with Gasteiger partial charge in [0.05, 0.1) is 25.5 Å². The van der Waals surface area contributed by atoms with E-state index in [0.29, 0.717) is 18.5 Å². The van der Waals surface area contributed by atoms with Crippen molar-refractivity contribution >= 4 is 27.4 Å². The molecule has 1 saturated carbocycles. The SMILES string of the molecule is COc1ccc(CN2C(=O)[C@H]3CCCC[C@H]3C2=O)cc1S(=O)(=O)N1CC=C(c2ccccc2)CC1. The van der Waals surface area contributed by atoms with Gasteiger partial charge in [-0.3, -0.25) is 14.5 Å². The third-order valence-corrected chi connectivity index (χ3v) is 9.32. The lowest BCUT2D eigenvalue weighted by atomic mass is 9.81. The van der Waals surface area contributed by atoms with Gasteiger partial charge in [0.15, 0.2) is 0 Å². The molecule has 3 aliphatic rings. The Labute approximate surface area is 206 Å². The molecule has 7 nitrogen and oxygen atoms in total. The molecule has 1 aliphatic carbocycles. The van der Waals surface area contributed by atoms with Crippen LogP contribution >= 0.6 is 0 Å². The normalized spacial score (nSPS) is 23.2. The zero-order valence-corrected chi connectivity index (χ0v) is 20.7. The molecule has 0 bridgehead atoms. The smallest absolute Gasteiger partial charge is 0.247 e. The molecule has 0 radical (unpaired) electrons.